The van der Waals surface area contributed by atoms with E-state index in [0.717, 1.165) is 23.8 Å². The normalized spacial score (nSPS) is 49.3. The highest BCUT2D eigenvalue weighted by Crippen LogP contribution is 2.66. The molecule has 23 heavy (non-hydrogen) atoms. The number of fused-ring (bicyclic) bond motifs is 5. The fourth-order valence-corrected chi connectivity index (χ4v) is 7.17. The van der Waals surface area contributed by atoms with E-state index in [-0.39, 0.29) is 17.0 Å². The Morgan fingerprint density at radius 1 is 1.09 bits per heavy atom. The average Bonchev–Trinajstić information content (AvgIpc) is 2.86. The van der Waals surface area contributed by atoms with E-state index < -0.39 is 0 Å². The Balaban J connectivity index is 1.72. The molecule has 0 aromatic heterocycles. The highest BCUT2D eigenvalue weighted by Gasteiger charge is 2.60. The second-order valence-electron chi connectivity index (χ2n) is 9.17. The van der Waals surface area contributed by atoms with Crippen LogP contribution < -0.4 is 0 Å². The summed E-state index contributed by atoms with van der Waals surface area (Å²) in [5.74, 6) is 3.21. The molecule has 2 heteroatoms. The van der Waals surface area contributed by atoms with Crippen molar-refractivity contribution in [1.29, 1.82) is 0 Å². The monoisotopic (exact) mass is 314 g/mol. The van der Waals surface area contributed by atoms with E-state index in [4.69, 9.17) is 0 Å². The summed E-state index contributed by atoms with van der Waals surface area (Å²) in [6.07, 6.45) is 10.5. The van der Waals surface area contributed by atoms with Gasteiger partial charge in [0.1, 0.15) is 0 Å². The third kappa shape index (κ3) is 1.99. The summed E-state index contributed by atoms with van der Waals surface area (Å²) in [7, 11) is 0. The van der Waals surface area contributed by atoms with E-state index in [1.165, 1.54) is 32.1 Å². The van der Waals surface area contributed by atoms with E-state index in [2.05, 4.69) is 20.8 Å². The second kappa shape index (κ2) is 5.04. The zero-order chi connectivity index (χ0) is 16.4. The largest absolute Gasteiger partial charge is 0.295 e. The van der Waals surface area contributed by atoms with Gasteiger partial charge in [-0.3, -0.25) is 9.59 Å². The predicted octanol–water partition coefficient (Wildman–Crippen LogP) is 4.72. The molecule has 4 aliphatic carbocycles. The van der Waals surface area contributed by atoms with Gasteiger partial charge in [0.2, 0.25) is 0 Å². The van der Waals surface area contributed by atoms with Gasteiger partial charge in [0.05, 0.1) is 0 Å². The first-order valence-electron chi connectivity index (χ1n) is 9.68. The van der Waals surface area contributed by atoms with Gasteiger partial charge in [-0.1, -0.05) is 27.2 Å². The zero-order valence-corrected chi connectivity index (χ0v) is 14.9. The number of hydrogen-bond acceptors (Lipinski definition) is 2. The maximum atomic E-state index is 12.9. The van der Waals surface area contributed by atoms with Gasteiger partial charge in [0, 0.05) is 18.4 Å². The summed E-state index contributed by atoms with van der Waals surface area (Å²) in [6, 6.07) is 0. The van der Waals surface area contributed by atoms with Crippen LogP contribution in [0, 0.1) is 34.5 Å². The van der Waals surface area contributed by atoms with E-state index in [0.29, 0.717) is 30.1 Å². The van der Waals surface area contributed by atoms with Crippen LogP contribution in [0.3, 0.4) is 0 Å². The topological polar surface area (TPSA) is 34.1 Å². The van der Waals surface area contributed by atoms with E-state index in [9.17, 15) is 9.59 Å². The predicted molar refractivity (Wildman–Crippen MR) is 90.9 cm³/mol. The van der Waals surface area contributed by atoms with Crippen LogP contribution in [-0.4, -0.2) is 11.6 Å². The lowest BCUT2D eigenvalue weighted by molar-refractivity contribution is -0.131. The number of ketones is 2. The van der Waals surface area contributed by atoms with Crippen molar-refractivity contribution in [3.63, 3.8) is 0 Å². The molecule has 0 aliphatic heterocycles. The fourth-order valence-electron chi connectivity index (χ4n) is 7.17. The first-order valence-corrected chi connectivity index (χ1v) is 9.68. The maximum Gasteiger partial charge on any atom is 0.159 e. The molecule has 0 radical (unpaired) electrons. The van der Waals surface area contributed by atoms with Crippen LogP contribution in [0.2, 0.25) is 0 Å². The molecule has 0 bridgehead atoms. The Hall–Kier alpha value is -0.920. The second-order valence-corrected chi connectivity index (χ2v) is 9.17. The van der Waals surface area contributed by atoms with Crippen LogP contribution in [0.4, 0.5) is 0 Å². The van der Waals surface area contributed by atoms with Crippen molar-refractivity contribution in [1.82, 2.24) is 0 Å². The minimum absolute atomic E-state index is 0.0282. The van der Waals surface area contributed by atoms with Crippen LogP contribution >= 0.6 is 0 Å². The van der Waals surface area contributed by atoms with Crippen LogP contribution in [0.15, 0.2) is 11.6 Å². The number of Topliss-reactive ketones (excluding diaryl/α,β-unsaturated/α-hetero) is 1. The zero-order valence-electron chi connectivity index (χ0n) is 14.9. The SMILES string of the molecule is CC[C@H]1CC[C@H]2[C@@H]3CC(=O)C4=CC(=O)CC[C@]4(C)[C@H]3CC[C@]12C. The van der Waals surface area contributed by atoms with Crippen LogP contribution in [-0.2, 0) is 9.59 Å². The van der Waals surface area contributed by atoms with E-state index in [1.807, 2.05) is 0 Å². The molecular formula is C21H30O2. The Morgan fingerprint density at radius 2 is 1.87 bits per heavy atom. The van der Waals surface area contributed by atoms with Crippen molar-refractivity contribution in [2.24, 2.45) is 34.5 Å². The number of allylic oxidation sites excluding steroid dienone is 1. The van der Waals surface area contributed by atoms with Gasteiger partial charge in [-0.05, 0) is 72.7 Å². The smallest absolute Gasteiger partial charge is 0.159 e. The molecular weight excluding hydrogens is 284 g/mol. The van der Waals surface area contributed by atoms with Crippen molar-refractivity contribution in [3.8, 4) is 0 Å². The van der Waals surface area contributed by atoms with Crippen molar-refractivity contribution in [3.05, 3.63) is 11.6 Å². The molecule has 126 valence electrons. The minimum Gasteiger partial charge on any atom is -0.295 e. The van der Waals surface area contributed by atoms with Crippen molar-refractivity contribution < 1.29 is 9.59 Å². The first-order chi connectivity index (χ1) is 10.9. The number of carbonyl (C=O) groups excluding carboxylic acids is 2. The van der Waals surface area contributed by atoms with Gasteiger partial charge in [-0.25, -0.2) is 0 Å². The lowest BCUT2D eigenvalue weighted by atomic mass is 9.46. The van der Waals surface area contributed by atoms with Gasteiger partial charge >= 0.3 is 0 Å². The summed E-state index contributed by atoms with van der Waals surface area (Å²) in [5.41, 5.74) is 1.31. The minimum atomic E-state index is -0.0282. The molecule has 2 nitrogen and oxygen atoms in total. The van der Waals surface area contributed by atoms with Gasteiger partial charge < -0.3 is 0 Å². The Morgan fingerprint density at radius 3 is 2.61 bits per heavy atom. The van der Waals surface area contributed by atoms with Gasteiger partial charge in [0.15, 0.2) is 11.6 Å². The van der Waals surface area contributed by atoms with Crippen LogP contribution in [0.5, 0.6) is 0 Å². The molecule has 6 atom stereocenters. The Kier molecular flexibility index (Phi) is 3.42. The molecule has 4 aliphatic rings. The number of carbonyl (C=O) groups is 2. The molecule has 3 fully saturated rings. The van der Waals surface area contributed by atoms with Crippen LogP contribution in [0.1, 0.15) is 72.1 Å². The molecule has 0 N–H and O–H groups in total. The molecule has 0 unspecified atom stereocenters. The summed E-state index contributed by atoms with van der Waals surface area (Å²) < 4.78 is 0. The fraction of sp³-hybridized carbons (Fsp3) is 0.810. The molecule has 4 rings (SSSR count). The Labute approximate surface area is 140 Å². The Bertz CT molecular complexity index is 589. The summed E-state index contributed by atoms with van der Waals surface area (Å²) >= 11 is 0. The number of rotatable bonds is 1. The quantitative estimate of drug-likeness (QED) is 0.701. The van der Waals surface area contributed by atoms with E-state index in [1.54, 1.807) is 6.08 Å². The van der Waals surface area contributed by atoms with Gasteiger partial charge in [-0.2, -0.15) is 0 Å². The van der Waals surface area contributed by atoms with Crippen molar-refractivity contribution in [2.45, 2.75) is 72.1 Å². The maximum absolute atomic E-state index is 12.9. The highest BCUT2D eigenvalue weighted by molar-refractivity contribution is 6.05. The van der Waals surface area contributed by atoms with Crippen molar-refractivity contribution >= 4 is 11.6 Å². The highest BCUT2D eigenvalue weighted by atomic mass is 16.1. The molecule has 0 saturated heterocycles. The van der Waals surface area contributed by atoms with Crippen LogP contribution in [0.25, 0.3) is 0 Å². The summed E-state index contributed by atoms with van der Waals surface area (Å²) in [5, 5.41) is 0. The standard InChI is InChI=1S/C21H30O2/c1-4-13-5-6-16-15-12-19(23)18-11-14(22)7-9-21(18,3)17(15)8-10-20(13,16)2/h11,13,15-17H,4-10,12H2,1-3H3/t13-,15-,16-,17-,20+,21+/m0/s1. The molecule has 0 amide bonds. The molecule has 3 saturated carbocycles. The van der Waals surface area contributed by atoms with Gasteiger partial charge in [0.25, 0.3) is 0 Å². The van der Waals surface area contributed by atoms with Crippen molar-refractivity contribution in [2.75, 3.05) is 0 Å². The lowest BCUT2D eigenvalue weighted by Gasteiger charge is -2.57. The molecule has 0 aromatic carbocycles. The van der Waals surface area contributed by atoms with E-state index >= 15 is 0 Å². The summed E-state index contributed by atoms with van der Waals surface area (Å²) in [4.78, 5) is 24.7. The van der Waals surface area contributed by atoms with Gasteiger partial charge in [-0.15, -0.1) is 0 Å². The lowest BCUT2D eigenvalue weighted by Crippen LogP contribution is -2.52. The third-order valence-electron chi connectivity index (χ3n) is 8.48. The third-order valence-corrected chi connectivity index (χ3v) is 8.48. The molecule has 0 spiro atoms. The first kappa shape index (κ1) is 15.6. The molecule has 0 heterocycles. The average molecular weight is 314 g/mol. The molecule has 0 aromatic rings. The number of hydrogen-bond donors (Lipinski definition) is 0. The summed E-state index contributed by atoms with van der Waals surface area (Å²) in [6.45, 7) is 7.14.